The molecule has 102 valence electrons. The van der Waals surface area contributed by atoms with E-state index >= 15 is 0 Å². The van der Waals surface area contributed by atoms with Gasteiger partial charge in [0, 0.05) is 6.54 Å². The lowest BCUT2D eigenvalue weighted by molar-refractivity contribution is -0.120. The van der Waals surface area contributed by atoms with E-state index in [2.05, 4.69) is 26.6 Å². The molecule has 1 aromatic carbocycles. The normalized spacial score (nSPS) is 9.72. The second-order valence-corrected chi connectivity index (χ2v) is 4.59. The highest BCUT2D eigenvalue weighted by molar-refractivity contribution is 9.10. The predicted molar refractivity (Wildman–Crippen MR) is 76.6 cm³/mol. The number of amides is 1. The third-order valence-corrected chi connectivity index (χ3v) is 2.88. The topological polar surface area (TPSA) is 41.1 Å². The Hall–Kier alpha value is -0.650. The molecule has 6 heteroatoms. The summed E-state index contributed by atoms with van der Waals surface area (Å²) in [5.74, 6) is -0.359. The van der Waals surface area contributed by atoms with Crippen molar-refractivity contribution < 1.29 is 9.18 Å². The van der Waals surface area contributed by atoms with Crippen LogP contribution in [0.25, 0.3) is 0 Å². The molecule has 0 unspecified atom stereocenters. The number of nitrogens with one attached hydrogen (secondary N) is 2. The quantitative estimate of drug-likeness (QED) is 0.781. The van der Waals surface area contributed by atoms with Crippen LogP contribution in [0.4, 0.5) is 4.39 Å². The Morgan fingerprint density at radius 2 is 2.11 bits per heavy atom. The summed E-state index contributed by atoms with van der Waals surface area (Å²) in [4.78, 5) is 11.5. The number of carbonyl (C=O) groups excluding carboxylic acids is 1. The molecule has 2 N–H and O–H groups in total. The van der Waals surface area contributed by atoms with Crippen LogP contribution in [-0.2, 0) is 11.2 Å². The van der Waals surface area contributed by atoms with Crippen LogP contribution >= 0.6 is 28.3 Å². The van der Waals surface area contributed by atoms with E-state index in [-0.39, 0.29) is 30.6 Å². The lowest BCUT2D eigenvalue weighted by Gasteiger charge is -2.05. The standard InChI is InChI=1S/C12H16BrFN2O.ClH/c1-15-5-2-6-16-12(17)8-9-3-4-11(14)10(13)7-9;/h3-4,7,15H,2,5-6,8H2,1H3,(H,16,17);1H. The molecule has 0 saturated carbocycles. The van der Waals surface area contributed by atoms with Crippen LogP contribution in [0.5, 0.6) is 0 Å². The number of hydrogen-bond donors (Lipinski definition) is 2. The number of halogens is 3. The Balaban J connectivity index is 0.00000289. The Morgan fingerprint density at radius 3 is 2.72 bits per heavy atom. The van der Waals surface area contributed by atoms with Crippen molar-refractivity contribution in [1.29, 1.82) is 0 Å². The maximum Gasteiger partial charge on any atom is 0.224 e. The van der Waals surface area contributed by atoms with E-state index in [1.807, 2.05) is 7.05 Å². The average molecular weight is 340 g/mol. The second-order valence-electron chi connectivity index (χ2n) is 3.73. The predicted octanol–water partition coefficient (Wildman–Crippen LogP) is 2.28. The Kier molecular flexibility index (Phi) is 8.97. The van der Waals surface area contributed by atoms with E-state index in [0.717, 1.165) is 18.5 Å². The summed E-state index contributed by atoms with van der Waals surface area (Å²) < 4.78 is 13.4. The van der Waals surface area contributed by atoms with Crippen LogP contribution in [0.1, 0.15) is 12.0 Å². The molecule has 0 aliphatic rings. The average Bonchev–Trinajstić information content (AvgIpc) is 2.30. The summed E-state index contributed by atoms with van der Waals surface area (Å²) in [7, 11) is 1.87. The van der Waals surface area contributed by atoms with Crippen molar-refractivity contribution >= 4 is 34.2 Å². The maximum absolute atomic E-state index is 13.0. The number of benzene rings is 1. The Labute approximate surface area is 121 Å². The van der Waals surface area contributed by atoms with Crippen molar-refractivity contribution in [2.75, 3.05) is 20.1 Å². The summed E-state index contributed by atoms with van der Waals surface area (Å²) in [5, 5.41) is 5.82. The summed E-state index contributed by atoms with van der Waals surface area (Å²) in [6.45, 7) is 1.53. The number of carbonyl (C=O) groups is 1. The van der Waals surface area contributed by atoms with Gasteiger partial charge in [-0.15, -0.1) is 12.4 Å². The minimum absolute atomic E-state index is 0. The van der Waals surface area contributed by atoms with Crippen molar-refractivity contribution in [3.8, 4) is 0 Å². The number of rotatable bonds is 6. The van der Waals surface area contributed by atoms with Gasteiger partial charge >= 0.3 is 0 Å². The van der Waals surface area contributed by atoms with Gasteiger partial charge in [0.1, 0.15) is 5.82 Å². The van der Waals surface area contributed by atoms with E-state index < -0.39 is 0 Å². The molecule has 0 saturated heterocycles. The molecule has 0 fully saturated rings. The molecule has 0 radical (unpaired) electrons. The van der Waals surface area contributed by atoms with Crippen molar-refractivity contribution in [1.82, 2.24) is 10.6 Å². The zero-order chi connectivity index (χ0) is 12.7. The molecule has 1 rings (SSSR count). The van der Waals surface area contributed by atoms with Gasteiger partial charge in [0.05, 0.1) is 10.9 Å². The third kappa shape index (κ3) is 6.33. The SMILES string of the molecule is CNCCCNC(=O)Cc1ccc(F)c(Br)c1.Cl. The summed E-state index contributed by atoms with van der Waals surface area (Å²) in [5.41, 5.74) is 0.796. The Morgan fingerprint density at radius 1 is 1.39 bits per heavy atom. The molecular weight excluding hydrogens is 322 g/mol. The smallest absolute Gasteiger partial charge is 0.224 e. The first-order chi connectivity index (χ1) is 8.13. The first-order valence-electron chi connectivity index (χ1n) is 5.48. The second kappa shape index (κ2) is 9.30. The zero-order valence-electron chi connectivity index (χ0n) is 10.1. The largest absolute Gasteiger partial charge is 0.356 e. The fourth-order valence-electron chi connectivity index (χ4n) is 1.39. The van der Waals surface area contributed by atoms with E-state index in [1.54, 1.807) is 12.1 Å². The molecule has 0 atom stereocenters. The van der Waals surface area contributed by atoms with Crippen molar-refractivity contribution in [2.45, 2.75) is 12.8 Å². The highest BCUT2D eigenvalue weighted by Crippen LogP contribution is 2.16. The van der Waals surface area contributed by atoms with E-state index in [9.17, 15) is 9.18 Å². The lowest BCUT2D eigenvalue weighted by atomic mass is 10.1. The minimum atomic E-state index is -0.317. The minimum Gasteiger partial charge on any atom is -0.356 e. The first kappa shape index (κ1) is 17.4. The van der Waals surface area contributed by atoms with Gasteiger partial charge in [-0.3, -0.25) is 4.79 Å². The molecule has 1 amide bonds. The fraction of sp³-hybridized carbons (Fsp3) is 0.417. The molecule has 0 heterocycles. The van der Waals surface area contributed by atoms with Gasteiger partial charge in [-0.25, -0.2) is 4.39 Å². The van der Waals surface area contributed by atoms with Crippen LogP contribution in [0.3, 0.4) is 0 Å². The van der Waals surface area contributed by atoms with Crippen LogP contribution in [0.15, 0.2) is 22.7 Å². The van der Waals surface area contributed by atoms with E-state index in [0.29, 0.717) is 11.0 Å². The molecule has 0 bridgehead atoms. The molecular formula is C12H17BrClFN2O. The molecule has 3 nitrogen and oxygen atoms in total. The maximum atomic E-state index is 13.0. The van der Waals surface area contributed by atoms with Crippen LogP contribution < -0.4 is 10.6 Å². The monoisotopic (exact) mass is 338 g/mol. The van der Waals surface area contributed by atoms with Crippen LogP contribution in [0, 0.1) is 5.82 Å². The summed E-state index contributed by atoms with van der Waals surface area (Å²) in [6, 6.07) is 4.60. The first-order valence-corrected chi connectivity index (χ1v) is 6.28. The van der Waals surface area contributed by atoms with Crippen LogP contribution in [-0.4, -0.2) is 26.0 Å². The van der Waals surface area contributed by atoms with Gasteiger partial charge in [-0.1, -0.05) is 6.07 Å². The van der Waals surface area contributed by atoms with Gasteiger partial charge in [-0.05, 0) is 53.6 Å². The van der Waals surface area contributed by atoms with Gasteiger partial charge in [0.2, 0.25) is 5.91 Å². The molecule has 0 aromatic heterocycles. The highest BCUT2D eigenvalue weighted by Gasteiger charge is 2.05. The van der Waals surface area contributed by atoms with Crippen LogP contribution in [0.2, 0.25) is 0 Å². The van der Waals surface area contributed by atoms with E-state index in [4.69, 9.17) is 0 Å². The van der Waals surface area contributed by atoms with Gasteiger partial charge < -0.3 is 10.6 Å². The third-order valence-electron chi connectivity index (χ3n) is 2.27. The van der Waals surface area contributed by atoms with Gasteiger partial charge in [-0.2, -0.15) is 0 Å². The van der Waals surface area contributed by atoms with E-state index in [1.165, 1.54) is 6.07 Å². The summed E-state index contributed by atoms with van der Waals surface area (Å²) in [6.07, 6.45) is 1.17. The van der Waals surface area contributed by atoms with Crippen molar-refractivity contribution in [2.24, 2.45) is 0 Å². The van der Waals surface area contributed by atoms with Gasteiger partial charge in [0.15, 0.2) is 0 Å². The van der Waals surface area contributed by atoms with Gasteiger partial charge in [0.25, 0.3) is 0 Å². The molecule has 18 heavy (non-hydrogen) atoms. The Bertz CT molecular complexity index is 390. The number of hydrogen-bond acceptors (Lipinski definition) is 2. The lowest BCUT2D eigenvalue weighted by Crippen LogP contribution is -2.27. The molecule has 0 aliphatic heterocycles. The molecule has 0 spiro atoms. The fourth-order valence-corrected chi connectivity index (χ4v) is 1.82. The zero-order valence-corrected chi connectivity index (χ0v) is 12.5. The molecule has 1 aromatic rings. The molecule has 0 aliphatic carbocycles. The van der Waals surface area contributed by atoms with Crippen molar-refractivity contribution in [3.05, 3.63) is 34.1 Å². The highest BCUT2D eigenvalue weighted by atomic mass is 79.9. The van der Waals surface area contributed by atoms with Crippen molar-refractivity contribution in [3.63, 3.8) is 0 Å². The summed E-state index contributed by atoms with van der Waals surface area (Å²) >= 11 is 3.09.